The summed E-state index contributed by atoms with van der Waals surface area (Å²) >= 11 is 0. The first-order valence-corrected chi connectivity index (χ1v) is 7.63. The molecule has 0 radical (unpaired) electrons. The number of hydrogen-bond acceptors (Lipinski definition) is 4. The normalized spacial score (nSPS) is 10.4. The van der Waals surface area contributed by atoms with E-state index < -0.39 is 28.9 Å². The summed E-state index contributed by atoms with van der Waals surface area (Å²) in [6, 6.07) is 4.95. The van der Waals surface area contributed by atoms with Gasteiger partial charge in [0.2, 0.25) is 0 Å². The summed E-state index contributed by atoms with van der Waals surface area (Å²) < 4.78 is 55.6. The maximum atomic E-state index is 13.7. The minimum absolute atomic E-state index is 0.101. The van der Waals surface area contributed by atoms with Crippen molar-refractivity contribution in [2.75, 3.05) is 27.9 Å². The van der Waals surface area contributed by atoms with Gasteiger partial charge in [-0.1, -0.05) is 0 Å². The molecule has 5 nitrogen and oxygen atoms in total. The van der Waals surface area contributed by atoms with Crippen molar-refractivity contribution in [3.8, 4) is 17.2 Å². The minimum atomic E-state index is -1.68. The van der Waals surface area contributed by atoms with E-state index in [9.17, 15) is 18.0 Å². The van der Waals surface area contributed by atoms with Gasteiger partial charge in [0, 0.05) is 18.2 Å². The zero-order valence-corrected chi connectivity index (χ0v) is 14.5. The van der Waals surface area contributed by atoms with Crippen LogP contribution in [-0.4, -0.2) is 33.8 Å². The highest BCUT2D eigenvalue weighted by Crippen LogP contribution is 2.35. The molecule has 0 aromatic heterocycles. The van der Waals surface area contributed by atoms with Gasteiger partial charge in [0.05, 0.1) is 26.9 Å². The maximum Gasteiger partial charge on any atom is 0.254 e. The smallest absolute Gasteiger partial charge is 0.254 e. The molecule has 0 aliphatic heterocycles. The fraction of sp³-hybridized carbons (Fsp3) is 0.278. The molecule has 0 unspecified atom stereocenters. The molecule has 1 N–H and O–H groups in total. The number of nitrogens with one attached hydrogen (secondary N) is 1. The Labute approximate surface area is 148 Å². The third kappa shape index (κ3) is 4.01. The molecule has 26 heavy (non-hydrogen) atoms. The van der Waals surface area contributed by atoms with E-state index in [1.54, 1.807) is 12.1 Å². The van der Waals surface area contributed by atoms with E-state index in [4.69, 9.17) is 14.2 Å². The number of ether oxygens (including phenoxy) is 3. The van der Waals surface area contributed by atoms with E-state index in [0.29, 0.717) is 35.3 Å². The molecule has 140 valence electrons. The highest BCUT2D eigenvalue weighted by Gasteiger charge is 2.19. The molecule has 1 amide bonds. The average molecular weight is 369 g/mol. The van der Waals surface area contributed by atoms with E-state index in [-0.39, 0.29) is 6.54 Å². The molecule has 0 heterocycles. The second kappa shape index (κ2) is 8.46. The summed E-state index contributed by atoms with van der Waals surface area (Å²) in [6.45, 7) is 0.101. The Morgan fingerprint density at radius 3 is 2.35 bits per heavy atom. The molecule has 0 spiro atoms. The topological polar surface area (TPSA) is 56.8 Å². The summed E-state index contributed by atoms with van der Waals surface area (Å²) in [5, 5.41) is 2.46. The van der Waals surface area contributed by atoms with Gasteiger partial charge in [-0.2, -0.15) is 0 Å². The lowest BCUT2D eigenvalue weighted by Crippen LogP contribution is -2.27. The molecule has 0 bridgehead atoms. The maximum absolute atomic E-state index is 13.7. The largest absolute Gasteiger partial charge is 0.497 e. The minimum Gasteiger partial charge on any atom is -0.497 e. The molecule has 0 aliphatic rings. The van der Waals surface area contributed by atoms with Gasteiger partial charge in [-0.15, -0.1) is 0 Å². The lowest BCUT2D eigenvalue weighted by molar-refractivity contribution is 0.0948. The van der Waals surface area contributed by atoms with E-state index in [0.717, 1.165) is 6.07 Å². The first-order chi connectivity index (χ1) is 12.4. The van der Waals surface area contributed by atoms with Gasteiger partial charge in [0.15, 0.2) is 29.0 Å². The second-order valence-corrected chi connectivity index (χ2v) is 5.25. The molecular formula is C18H18F3NO4. The SMILES string of the molecule is COc1cc(CCNC(=O)c2ccc(F)c(F)c2F)c(OC)c(OC)c1. The average Bonchev–Trinajstić information content (AvgIpc) is 2.65. The van der Waals surface area contributed by atoms with Crippen LogP contribution in [0.5, 0.6) is 17.2 Å². The van der Waals surface area contributed by atoms with Crippen molar-refractivity contribution in [1.29, 1.82) is 0 Å². The molecule has 0 atom stereocenters. The lowest BCUT2D eigenvalue weighted by Gasteiger charge is -2.15. The fourth-order valence-corrected chi connectivity index (χ4v) is 2.43. The Kier molecular flexibility index (Phi) is 6.32. The standard InChI is InChI=1S/C18H18F3NO4/c1-24-11-8-10(17(26-3)14(9-11)25-2)6-7-22-18(23)12-4-5-13(19)16(21)15(12)20/h4-5,8-9H,6-7H2,1-3H3,(H,22,23). The van der Waals surface area contributed by atoms with Crippen molar-refractivity contribution in [2.45, 2.75) is 6.42 Å². The van der Waals surface area contributed by atoms with Crippen molar-refractivity contribution in [2.24, 2.45) is 0 Å². The lowest BCUT2D eigenvalue weighted by atomic mass is 10.1. The van der Waals surface area contributed by atoms with Crippen molar-refractivity contribution in [1.82, 2.24) is 5.32 Å². The molecule has 0 saturated heterocycles. The highest BCUT2D eigenvalue weighted by molar-refractivity contribution is 5.94. The van der Waals surface area contributed by atoms with Crippen LogP contribution >= 0.6 is 0 Å². The number of halogens is 3. The summed E-state index contributed by atoms with van der Waals surface area (Å²) in [4.78, 5) is 12.0. The Morgan fingerprint density at radius 1 is 1.00 bits per heavy atom. The molecule has 8 heteroatoms. The zero-order valence-electron chi connectivity index (χ0n) is 14.5. The fourth-order valence-electron chi connectivity index (χ4n) is 2.43. The first kappa shape index (κ1) is 19.4. The first-order valence-electron chi connectivity index (χ1n) is 7.63. The monoisotopic (exact) mass is 369 g/mol. The van der Waals surface area contributed by atoms with Gasteiger partial charge in [-0.25, -0.2) is 13.2 Å². The van der Waals surface area contributed by atoms with Crippen LogP contribution < -0.4 is 19.5 Å². The summed E-state index contributed by atoms with van der Waals surface area (Å²) in [6.07, 6.45) is 0.313. The van der Waals surface area contributed by atoms with Gasteiger partial charge in [-0.05, 0) is 24.6 Å². The summed E-state index contributed by atoms with van der Waals surface area (Å²) in [5.74, 6) is -3.94. The van der Waals surface area contributed by atoms with Crippen LogP contribution in [0, 0.1) is 17.5 Å². The molecule has 0 saturated carbocycles. The number of methoxy groups -OCH3 is 3. The number of carbonyl (C=O) groups is 1. The Morgan fingerprint density at radius 2 is 1.73 bits per heavy atom. The highest BCUT2D eigenvalue weighted by atomic mass is 19.2. The van der Waals surface area contributed by atoms with E-state index in [2.05, 4.69) is 5.32 Å². The predicted octanol–water partition coefficient (Wildman–Crippen LogP) is 3.10. The summed E-state index contributed by atoms with van der Waals surface area (Å²) in [7, 11) is 4.45. The molecule has 0 aliphatic carbocycles. The molecule has 2 aromatic rings. The molecular weight excluding hydrogens is 351 g/mol. The molecule has 2 aromatic carbocycles. The Hall–Kier alpha value is -2.90. The predicted molar refractivity (Wildman–Crippen MR) is 88.5 cm³/mol. The molecule has 2 rings (SSSR count). The van der Waals surface area contributed by atoms with Gasteiger partial charge >= 0.3 is 0 Å². The van der Waals surface area contributed by atoms with Crippen LogP contribution in [-0.2, 0) is 6.42 Å². The van der Waals surface area contributed by atoms with Gasteiger partial charge < -0.3 is 19.5 Å². The zero-order chi connectivity index (χ0) is 19.3. The van der Waals surface area contributed by atoms with Crippen molar-refractivity contribution < 1.29 is 32.2 Å². The number of hydrogen-bond donors (Lipinski definition) is 1. The third-order valence-corrected chi connectivity index (χ3v) is 3.72. The number of amides is 1. The van der Waals surface area contributed by atoms with Gasteiger partial charge in [0.1, 0.15) is 5.75 Å². The number of rotatable bonds is 7. The van der Waals surface area contributed by atoms with E-state index in [1.807, 2.05) is 0 Å². The Balaban J connectivity index is 2.12. The van der Waals surface area contributed by atoms with E-state index in [1.165, 1.54) is 21.3 Å². The van der Waals surface area contributed by atoms with Gasteiger partial charge in [-0.3, -0.25) is 4.79 Å². The van der Waals surface area contributed by atoms with E-state index >= 15 is 0 Å². The van der Waals surface area contributed by atoms with Gasteiger partial charge in [0.25, 0.3) is 5.91 Å². The van der Waals surface area contributed by atoms with Crippen LogP contribution in [0.4, 0.5) is 13.2 Å². The number of benzene rings is 2. The van der Waals surface area contributed by atoms with Crippen LogP contribution in [0.25, 0.3) is 0 Å². The van der Waals surface area contributed by atoms with Crippen molar-refractivity contribution in [3.63, 3.8) is 0 Å². The van der Waals surface area contributed by atoms with Crippen molar-refractivity contribution in [3.05, 3.63) is 52.8 Å². The second-order valence-electron chi connectivity index (χ2n) is 5.25. The van der Waals surface area contributed by atoms with Crippen LogP contribution in [0.3, 0.4) is 0 Å². The van der Waals surface area contributed by atoms with Crippen LogP contribution in [0.1, 0.15) is 15.9 Å². The van der Waals surface area contributed by atoms with Crippen LogP contribution in [0.2, 0.25) is 0 Å². The Bertz CT molecular complexity index is 812. The van der Waals surface area contributed by atoms with Crippen LogP contribution in [0.15, 0.2) is 24.3 Å². The molecule has 0 fully saturated rings. The summed E-state index contributed by atoms with van der Waals surface area (Å²) in [5.41, 5.74) is 0.119. The third-order valence-electron chi connectivity index (χ3n) is 3.72. The quantitative estimate of drug-likeness (QED) is 0.762. The number of carbonyl (C=O) groups excluding carboxylic acids is 1. The van der Waals surface area contributed by atoms with Crippen molar-refractivity contribution >= 4 is 5.91 Å².